The summed E-state index contributed by atoms with van der Waals surface area (Å²) in [4.78, 5) is 0. The van der Waals surface area contributed by atoms with Gasteiger partial charge < -0.3 is 14.8 Å². The first-order valence-electron chi connectivity index (χ1n) is 6.98. The lowest BCUT2D eigenvalue weighted by Crippen LogP contribution is -2.21. The van der Waals surface area contributed by atoms with Gasteiger partial charge in [0.15, 0.2) is 0 Å². The van der Waals surface area contributed by atoms with Gasteiger partial charge in [0, 0.05) is 6.61 Å². The highest BCUT2D eigenvalue weighted by Gasteiger charge is 2.08. The molecule has 104 valence electrons. The monoisotopic (exact) mass is 245 g/mol. The quantitative estimate of drug-likeness (QED) is 0.568. The normalized spacial score (nSPS) is 12.0. The molecule has 0 fully saturated rings. The summed E-state index contributed by atoms with van der Waals surface area (Å²) < 4.78 is 11.1. The van der Waals surface area contributed by atoms with E-state index in [1.54, 1.807) is 0 Å². The van der Waals surface area contributed by atoms with Crippen LogP contribution in [-0.4, -0.2) is 38.5 Å². The summed E-state index contributed by atoms with van der Waals surface area (Å²) in [5.41, 5.74) is -0.0460. The third-order valence-electron chi connectivity index (χ3n) is 2.40. The Bertz CT molecular complexity index is 155. The van der Waals surface area contributed by atoms with Crippen molar-refractivity contribution >= 4 is 0 Å². The van der Waals surface area contributed by atoms with Crippen LogP contribution in [0.25, 0.3) is 0 Å². The third-order valence-corrected chi connectivity index (χ3v) is 2.40. The van der Waals surface area contributed by atoms with Crippen LogP contribution in [-0.2, 0) is 9.47 Å². The minimum absolute atomic E-state index is 0.0460. The Labute approximate surface area is 107 Å². The Balaban J connectivity index is 2.99. The van der Waals surface area contributed by atoms with Crippen LogP contribution >= 0.6 is 0 Å². The highest BCUT2D eigenvalue weighted by Crippen LogP contribution is 2.05. The highest BCUT2D eigenvalue weighted by molar-refractivity contribution is 4.57. The fraction of sp³-hybridized carbons (Fsp3) is 1.00. The lowest BCUT2D eigenvalue weighted by molar-refractivity contribution is -0.0351. The van der Waals surface area contributed by atoms with Crippen molar-refractivity contribution in [3.05, 3.63) is 0 Å². The summed E-state index contributed by atoms with van der Waals surface area (Å²) in [6.07, 6.45) is 5.02. The molecular formula is C14H31NO2. The summed E-state index contributed by atoms with van der Waals surface area (Å²) in [5.74, 6) is 0. The zero-order valence-corrected chi connectivity index (χ0v) is 12.2. The first kappa shape index (κ1) is 16.9. The molecule has 0 bridgehead atoms. The van der Waals surface area contributed by atoms with E-state index in [0.29, 0.717) is 13.2 Å². The predicted molar refractivity (Wildman–Crippen MR) is 73.5 cm³/mol. The molecule has 0 unspecified atom stereocenters. The van der Waals surface area contributed by atoms with Gasteiger partial charge in [0.2, 0.25) is 0 Å². The predicted octanol–water partition coefficient (Wildman–Crippen LogP) is 2.99. The van der Waals surface area contributed by atoms with Gasteiger partial charge in [-0.15, -0.1) is 0 Å². The van der Waals surface area contributed by atoms with Gasteiger partial charge in [0.05, 0.1) is 18.8 Å². The lowest BCUT2D eigenvalue weighted by Gasteiger charge is -2.19. The van der Waals surface area contributed by atoms with Crippen molar-refractivity contribution in [1.29, 1.82) is 0 Å². The fourth-order valence-corrected chi connectivity index (χ4v) is 1.49. The Morgan fingerprint density at radius 3 is 2.24 bits per heavy atom. The van der Waals surface area contributed by atoms with Gasteiger partial charge in [0.25, 0.3) is 0 Å². The molecule has 0 saturated carbocycles. The number of hydrogen-bond acceptors (Lipinski definition) is 3. The standard InChI is InChI=1S/C14H31NO2/c1-5-15-10-8-6-7-9-11-16-12-13-17-14(2,3)4/h15H,5-13H2,1-4H3. The molecule has 17 heavy (non-hydrogen) atoms. The second kappa shape index (κ2) is 11.0. The summed E-state index contributed by atoms with van der Waals surface area (Å²) in [6, 6.07) is 0. The van der Waals surface area contributed by atoms with Gasteiger partial charge in [-0.3, -0.25) is 0 Å². The van der Waals surface area contributed by atoms with Crippen molar-refractivity contribution in [1.82, 2.24) is 5.32 Å². The van der Waals surface area contributed by atoms with Crippen LogP contribution in [0.15, 0.2) is 0 Å². The molecule has 0 aliphatic carbocycles. The summed E-state index contributed by atoms with van der Waals surface area (Å²) in [6.45, 7) is 12.9. The molecule has 0 heterocycles. The molecule has 0 spiro atoms. The van der Waals surface area contributed by atoms with E-state index in [2.05, 4.69) is 33.0 Å². The maximum Gasteiger partial charge on any atom is 0.0707 e. The summed E-state index contributed by atoms with van der Waals surface area (Å²) in [5, 5.41) is 3.33. The van der Waals surface area contributed by atoms with Gasteiger partial charge in [-0.05, 0) is 46.7 Å². The molecule has 0 aromatic carbocycles. The molecule has 0 aromatic rings. The van der Waals surface area contributed by atoms with E-state index >= 15 is 0 Å². The van der Waals surface area contributed by atoms with E-state index < -0.39 is 0 Å². The zero-order valence-electron chi connectivity index (χ0n) is 12.2. The molecule has 0 radical (unpaired) electrons. The summed E-state index contributed by atoms with van der Waals surface area (Å²) >= 11 is 0. The van der Waals surface area contributed by atoms with Crippen LogP contribution in [0.4, 0.5) is 0 Å². The average Bonchev–Trinajstić information content (AvgIpc) is 2.24. The maximum atomic E-state index is 5.57. The van der Waals surface area contributed by atoms with Crippen molar-refractivity contribution in [2.75, 3.05) is 32.9 Å². The first-order chi connectivity index (χ1) is 8.06. The molecule has 0 aromatic heterocycles. The van der Waals surface area contributed by atoms with E-state index in [0.717, 1.165) is 19.7 Å². The van der Waals surface area contributed by atoms with E-state index in [4.69, 9.17) is 9.47 Å². The van der Waals surface area contributed by atoms with E-state index in [9.17, 15) is 0 Å². The van der Waals surface area contributed by atoms with Crippen molar-refractivity contribution in [3.8, 4) is 0 Å². The van der Waals surface area contributed by atoms with E-state index in [1.807, 2.05) is 0 Å². The number of hydrogen-bond donors (Lipinski definition) is 1. The van der Waals surface area contributed by atoms with Crippen LogP contribution in [0.1, 0.15) is 53.4 Å². The van der Waals surface area contributed by atoms with Gasteiger partial charge in [0.1, 0.15) is 0 Å². The van der Waals surface area contributed by atoms with Crippen LogP contribution in [0.2, 0.25) is 0 Å². The Kier molecular flexibility index (Phi) is 10.9. The molecule has 0 rings (SSSR count). The molecule has 3 nitrogen and oxygen atoms in total. The molecule has 3 heteroatoms. The van der Waals surface area contributed by atoms with E-state index in [-0.39, 0.29) is 5.60 Å². The van der Waals surface area contributed by atoms with Crippen LogP contribution in [0.5, 0.6) is 0 Å². The smallest absolute Gasteiger partial charge is 0.0707 e. The Morgan fingerprint density at radius 2 is 1.59 bits per heavy atom. The van der Waals surface area contributed by atoms with Crippen molar-refractivity contribution < 1.29 is 9.47 Å². The second-order valence-corrected chi connectivity index (χ2v) is 5.34. The molecular weight excluding hydrogens is 214 g/mol. The third kappa shape index (κ3) is 15.9. The number of ether oxygens (including phenoxy) is 2. The van der Waals surface area contributed by atoms with Crippen molar-refractivity contribution in [2.45, 2.75) is 59.0 Å². The van der Waals surface area contributed by atoms with Gasteiger partial charge in [-0.1, -0.05) is 19.8 Å². The molecule has 0 aliphatic rings. The minimum Gasteiger partial charge on any atom is -0.379 e. The topological polar surface area (TPSA) is 30.5 Å². The Morgan fingerprint density at radius 1 is 0.882 bits per heavy atom. The average molecular weight is 245 g/mol. The number of nitrogens with one attached hydrogen (secondary N) is 1. The van der Waals surface area contributed by atoms with E-state index in [1.165, 1.54) is 25.7 Å². The maximum absolute atomic E-state index is 5.57. The molecule has 0 saturated heterocycles. The minimum atomic E-state index is -0.0460. The van der Waals surface area contributed by atoms with Gasteiger partial charge in [-0.2, -0.15) is 0 Å². The van der Waals surface area contributed by atoms with Crippen LogP contribution < -0.4 is 5.32 Å². The SMILES string of the molecule is CCNCCCCCCOCCOC(C)(C)C. The number of unbranched alkanes of at least 4 members (excludes halogenated alkanes) is 3. The van der Waals surface area contributed by atoms with Crippen molar-refractivity contribution in [3.63, 3.8) is 0 Å². The zero-order chi connectivity index (χ0) is 13.0. The molecule has 0 aliphatic heterocycles. The Hall–Kier alpha value is -0.120. The second-order valence-electron chi connectivity index (χ2n) is 5.34. The fourth-order valence-electron chi connectivity index (χ4n) is 1.49. The highest BCUT2D eigenvalue weighted by atomic mass is 16.5. The molecule has 0 atom stereocenters. The van der Waals surface area contributed by atoms with Crippen LogP contribution in [0.3, 0.4) is 0 Å². The first-order valence-corrected chi connectivity index (χ1v) is 6.98. The van der Waals surface area contributed by atoms with Crippen molar-refractivity contribution in [2.24, 2.45) is 0 Å². The molecule has 1 N–H and O–H groups in total. The molecule has 0 amide bonds. The van der Waals surface area contributed by atoms with Gasteiger partial charge >= 0.3 is 0 Å². The van der Waals surface area contributed by atoms with Gasteiger partial charge in [-0.25, -0.2) is 0 Å². The number of rotatable bonds is 11. The summed E-state index contributed by atoms with van der Waals surface area (Å²) in [7, 11) is 0. The largest absolute Gasteiger partial charge is 0.379 e. The van der Waals surface area contributed by atoms with Crippen LogP contribution in [0, 0.1) is 0 Å². The lowest BCUT2D eigenvalue weighted by atomic mass is 10.2.